The van der Waals surface area contributed by atoms with Gasteiger partial charge in [0.2, 0.25) is 0 Å². The Morgan fingerprint density at radius 1 is 1.36 bits per heavy atom. The predicted octanol–water partition coefficient (Wildman–Crippen LogP) is 3.76. The van der Waals surface area contributed by atoms with Gasteiger partial charge in [-0.2, -0.15) is 0 Å². The molecule has 1 fully saturated rings. The highest BCUT2D eigenvalue weighted by Crippen LogP contribution is 2.28. The number of nitrogens with one attached hydrogen (secondary N) is 1. The van der Waals surface area contributed by atoms with E-state index in [1.165, 1.54) is 28.4 Å². The quantitative estimate of drug-likeness (QED) is 0.777. The topological polar surface area (TPSA) is 12.0 Å². The Morgan fingerprint density at radius 3 is 2.93 bits per heavy atom. The molecule has 1 aromatic carbocycles. The second-order valence-electron chi connectivity index (χ2n) is 3.67. The van der Waals surface area contributed by atoms with Crippen molar-refractivity contribution in [3.8, 4) is 0 Å². The van der Waals surface area contributed by atoms with Crippen LogP contribution in [0.5, 0.6) is 0 Å². The smallest absolute Gasteiger partial charge is 0.0410 e. The van der Waals surface area contributed by atoms with Crippen LogP contribution in [0.1, 0.15) is 30.9 Å². The highest BCUT2D eigenvalue weighted by atomic mass is 127. The number of piperidine rings is 1. The largest absolute Gasteiger partial charge is 0.310 e. The van der Waals surface area contributed by atoms with Crippen molar-refractivity contribution in [1.29, 1.82) is 0 Å². The van der Waals surface area contributed by atoms with Crippen molar-refractivity contribution in [2.24, 2.45) is 0 Å². The Labute approximate surface area is 103 Å². The third kappa shape index (κ3) is 2.41. The molecular formula is C11H13ClIN. The molecular weight excluding hydrogens is 308 g/mol. The fraction of sp³-hybridized carbons (Fsp3) is 0.455. The van der Waals surface area contributed by atoms with E-state index in [1.54, 1.807) is 0 Å². The Balaban J connectivity index is 2.24. The highest BCUT2D eigenvalue weighted by molar-refractivity contribution is 14.1. The summed E-state index contributed by atoms with van der Waals surface area (Å²) >= 11 is 8.39. The number of benzene rings is 1. The van der Waals surface area contributed by atoms with Crippen molar-refractivity contribution in [3.63, 3.8) is 0 Å². The summed E-state index contributed by atoms with van der Waals surface area (Å²) in [5, 5.41) is 4.38. The van der Waals surface area contributed by atoms with Crippen LogP contribution in [0, 0.1) is 3.57 Å². The van der Waals surface area contributed by atoms with Gasteiger partial charge in [0.25, 0.3) is 0 Å². The van der Waals surface area contributed by atoms with Gasteiger partial charge >= 0.3 is 0 Å². The third-order valence-corrected chi connectivity index (χ3v) is 3.86. The minimum Gasteiger partial charge on any atom is -0.310 e. The average Bonchev–Trinajstić information content (AvgIpc) is 2.23. The number of halogens is 2. The molecule has 1 aliphatic rings. The third-order valence-electron chi connectivity index (χ3n) is 2.64. The summed E-state index contributed by atoms with van der Waals surface area (Å²) in [4.78, 5) is 0. The zero-order valence-electron chi connectivity index (χ0n) is 7.89. The number of hydrogen-bond acceptors (Lipinski definition) is 1. The highest BCUT2D eigenvalue weighted by Gasteiger charge is 2.16. The second kappa shape index (κ2) is 4.81. The van der Waals surface area contributed by atoms with Crippen LogP contribution in [0.25, 0.3) is 0 Å². The van der Waals surface area contributed by atoms with Crippen LogP contribution in [0.3, 0.4) is 0 Å². The monoisotopic (exact) mass is 321 g/mol. The second-order valence-corrected chi connectivity index (χ2v) is 5.27. The van der Waals surface area contributed by atoms with Crippen molar-refractivity contribution in [1.82, 2.24) is 5.32 Å². The molecule has 0 aromatic heterocycles. The van der Waals surface area contributed by atoms with E-state index in [0.717, 1.165) is 11.6 Å². The van der Waals surface area contributed by atoms with Gasteiger partial charge in [-0.05, 0) is 65.7 Å². The predicted molar refractivity (Wildman–Crippen MR) is 68.8 cm³/mol. The molecule has 1 heterocycles. The first-order chi connectivity index (χ1) is 6.77. The molecule has 1 N–H and O–H groups in total. The van der Waals surface area contributed by atoms with Gasteiger partial charge in [0.05, 0.1) is 0 Å². The molecule has 1 saturated heterocycles. The van der Waals surface area contributed by atoms with Crippen molar-refractivity contribution in [3.05, 3.63) is 32.4 Å². The molecule has 1 aliphatic heterocycles. The van der Waals surface area contributed by atoms with E-state index in [1.807, 2.05) is 6.07 Å². The van der Waals surface area contributed by atoms with Gasteiger partial charge in [-0.25, -0.2) is 0 Å². The normalized spacial score (nSPS) is 22.3. The van der Waals surface area contributed by atoms with E-state index in [2.05, 4.69) is 40.0 Å². The van der Waals surface area contributed by atoms with Crippen LogP contribution in [-0.4, -0.2) is 6.54 Å². The summed E-state index contributed by atoms with van der Waals surface area (Å²) in [6.07, 6.45) is 3.85. The first-order valence-electron chi connectivity index (χ1n) is 4.96. The SMILES string of the molecule is Clc1ccc(I)c(C2CCCCN2)c1. The summed E-state index contributed by atoms with van der Waals surface area (Å²) < 4.78 is 1.31. The van der Waals surface area contributed by atoms with Gasteiger partial charge in [0, 0.05) is 14.6 Å². The Morgan fingerprint density at radius 2 is 2.21 bits per heavy atom. The molecule has 3 heteroatoms. The summed E-state index contributed by atoms with van der Waals surface area (Å²) in [5.41, 5.74) is 1.36. The lowest BCUT2D eigenvalue weighted by molar-refractivity contribution is 0.411. The Hall–Kier alpha value is 0.200. The van der Waals surface area contributed by atoms with Gasteiger partial charge in [0.1, 0.15) is 0 Å². The molecule has 0 spiro atoms. The maximum absolute atomic E-state index is 6.00. The fourth-order valence-corrected chi connectivity index (χ4v) is 2.79. The molecule has 0 bridgehead atoms. The Bertz CT molecular complexity index is 321. The van der Waals surface area contributed by atoms with Gasteiger partial charge in [-0.1, -0.05) is 18.0 Å². The zero-order valence-corrected chi connectivity index (χ0v) is 10.8. The van der Waals surface area contributed by atoms with Crippen LogP contribution in [-0.2, 0) is 0 Å². The number of hydrogen-bond donors (Lipinski definition) is 1. The lowest BCUT2D eigenvalue weighted by atomic mass is 9.98. The van der Waals surface area contributed by atoms with Crippen LogP contribution in [0.4, 0.5) is 0 Å². The molecule has 1 aromatic rings. The summed E-state index contributed by atoms with van der Waals surface area (Å²) in [6, 6.07) is 6.64. The molecule has 0 radical (unpaired) electrons. The molecule has 1 atom stereocenters. The molecule has 14 heavy (non-hydrogen) atoms. The van der Waals surface area contributed by atoms with Crippen LogP contribution < -0.4 is 5.32 Å². The zero-order chi connectivity index (χ0) is 9.97. The summed E-state index contributed by atoms with van der Waals surface area (Å²) in [7, 11) is 0. The van der Waals surface area contributed by atoms with Gasteiger partial charge < -0.3 is 5.32 Å². The van der Waals surface area contributed by atoms with E-state index < -0.39 is 0 Å². The molecule has 0 saturated carbocycles. The summed E-state index contributed by atoms with van der Waals surface area (Å²) in [5.74, 6) is 0. The van der Waals surface area contributed by atoms with Gasteiger partial charge in [0.15, 0.2) is 0 Å². The molecule has 0 aliphatic carbocycles. The van der Waals surface area contributed by atoms with E-state index in [0.29, 0.717) is 6.04 Å². The number of rotatable bonds is 1. The lowest BCUT2D eigenvalue weighted by Gasteiger charge is -2.24. The summed E-state index contributed by atoms with van der Waals surface area (Å²) in [6.45, 7) is 1.13. The van der Waals surface area contributed by atoms with Crippen molar-refractivity contribution >= 4 is 34.2 Å². The van der Waals surface area contributed by atoms with Crippen molar-refractivity contribution in [2.45, 2.75) is 25.3 Å². The van der Waals surface area contributed by atoms with Crippen molar-refractivity contribution < 1.29 is 0 Å². The average molecular weight is 322 g/mol. The van der Waals surface area contributed by atoms with Gasteiger partial charge in [-0.15, -0.1) is 0 Å². The van der Waals surface area contributed by atoms with E-state index >= 15 is 0 Å². The minimum absolute atomic E-state index is 0.509. The van der Waals surface area contributed by atoms with E-state index in [-0.39, 0.29) is 0 Å². The minimum atomic E-state index is 0.509. The maximum Gasteiger partial charge on any atom is 0.0410 e. The standard InChI is InChI=1S/C11H13ClIN/c12-8-4-5-10(13)9(7-8)11-3-1-2-6-14-11/h4-5,7,11,14H,1-3,6H2. The van der Waals surface area contributed by atoms with E-state index in [4.69, 9.17) is 11.6 Å². The van der Waals surface area contributed by atoms with Gasteiger partial charge in [-0.3, -0.25) is 0 Å². The van der Waals surface area contributed by atoms with Crippen LogP contribution in [0.15, 0.2) is 18.2 Å². The molecule has 1 nitrogen and oxygen atoms in total. The van der Waals surface area contributed by atoms with Crippen molar-refractivity contribution in [2.75, 3.05) is 6.54 Å². The first-order valence-corrected chi connectivity index (χ1v) is 6.41. The fourth-order valence-electron chi connectivity index (χ4n) is 1.90. The molecule has 1 unspecified atom stereocenters. The maximum atomic E-state index is 6.00. The first kappa shape index (κ1) is 10.7. The molecule has 0 amide bonds. The Kier molecular flexibility index (Phi) is 3.68. The lowest BCUT2D eigenvalue weighted by Crippen LogP contribution is -2.27. The van der Waals surface area contributed by atoms with Crippen LogP contribution >= 0.6 is 34.2 Å². The molecule has 2 rings (SSSR count). The molecule has 76 valence electrons. The van der Waals surface area contributed by atoms with Crippen LogP contribution in [0.2, 0.25) is 5.02 Å². The van der Waals surface area contributed by atoms with E-state index in [9.17, 15) is 0 Å².